The number of esters is 1. The highest BCUT2D eigenvalue weighted by Crippen LogP contribution is 2.20. The minimum absolute atomic E-state index is 0.371. The van der Waals surface area contributed by atoms with Gasteiger partial charge in [-0.05, 0) is 43.0 Å². The van der Waals surface area contributed by atoms with E-state index in [0.29, 0.717) is 17.4 Å². The number of carbonyl (C=O) groups is 1. The van der Waals surface area contributed by atoms with Crippen molar-refractivity contribution in [2.75, 3.05) is 31.6 Å². The Hall–Kier alpha value is -3.07. The number of ether oxygens (including phenoxy) is 1. The zero-order valence-corrected chi connectivity index (χ0v) is 16.7. The molecule has 0 amide bonds. The van der Waals surface area contributed by atoms with Gasteiger partial charge < -0.3 is 15.0 Å². The average Bonchev–Trinajstić information content (AvgIpc) is 3.14. The Labute approximate surface area is 169 Å². The fourth-order valence-corrected chi connectivity index (χ4v) is 3.65. The zero-order chi connectivity index (χ0) is 20.2. The highest BCUT2D eigenvalue weighted by molar-refractivity contribution is 5.88. The Morgan fingerprint density at radius 1 is 1.24 bits per heavy atom. The van der Waals surface area contributed by atoms with Crippen molar-refractivity contribution in [2.45, 2.75) is 19.4 Å². The Bertz CT molecular complexity index is 978. The van der Waals surface area contributed by atoms with E-state index < -0.39 is 5.97 Å². The summed E-state index contributed by atoms with van der Waals surface area (Å²) in [7, 11) is 3.26. The lowest BCUT2D eigenvalue weighted by Gasteiger charge is -2.32. The third kappa shape index (κ3) is 4.34. The van der Waals surface area contributed by atoms with Crippen molar-refractivity contribution in [3.05, 3.63) is 41.7 Å². The van der Waals surface area contributed by atoms with Crippen LogP contribution >= 0.6 is 0 Å². The van der Waals surface area contributed by atoms with Gasteiger partial charge in [-0.25, -0.2) is 19.4 Å². The Kier molecular flexibility index (Phi) is 5.66. The maximum absolute atomic E-state index is 11.5. The second kappa shape index (κ2) is 8.52. The van der Waals surface area contributed by atoms with Gasteiger partial charge in [0.1, 0.15) is 5.52 Å². The van der Waals surface area contributed by atoms with E-state index in [9.17, 15) is 4.79 Å². The summed E-state index contributed by atoms with van der Waals surface area (Å²) in [4.78, 5) is 22.3. The average molecular weight is 395 g/mol. The highest BCUT2D eigenvalue weighted by Gasteiger charge is 2.21. The zero-order valence-electron chi connectivity index (χ0n) is 16.7. The van der Waals surface area contributed by atoms with Gasteiger partial charge >= 0.3 is 5.97 Å². The van der Waals surface area contributed by atoms with Crippen LogP contribution in [-0.2, 0) is 18.3 Å². The molecule has 1 N–H and O–H groups in total. The third-order valence-corrected chi connectivity index (χ3v) is 5.39. The molecule has 152 valence electrons. The number of anilines is 1. The predicted octanol–water partition coefficient (Wildman–Crippen LogP) is 1.55. The molecule has 1 aromatic carbocycles. The summed E-state index contributed by atoms with van der Waals surface area (Å²) in [5.74, 6) is 0.880. The van der Waals surface area contributed by atoms with Gasteiger partial charge in [0, 0.05) is 39.1 Å². The minimum Gasteiger partial charge on any atom is -0.465 e. The van der Waals surface area contributed by atoms with Crippen molar-refractivity contribution in [3.8, 4) is 0 Å². The van der Waals surface area contributed by atoms with E-state index in [2.05, 4.69) is 47.4 Å². The number of aryl methyl sites for hydroxylation is 1. The molecule has 3 aromatic rings. The molecule has 1 aliphatic heterocycles. The van der Waals surface area contributed by atoms with Crippen molar-refractivity contribution in [3.63, 3.8) is 0 Å². The van der Waals surface area contributed by atoms with Crippen LogP contribution in [0.25, 0.3) is 11.0 Å². The van der Waals surface area contributed by atoms with Gasteiger partial charge in [-0.2, -0.15) is 0 Å². The second-order valence-corrected chi connectivity index (χ2v) is 7.36. The monoisotopic (exact) mass is 395 g/mol. The smallest absolute Gasteiger partial charge is 0.341 e. The summed E-state index contributed by atoms with van der Waals surface area (Å²) in [6, 6.07) is 6.26. The van der Waals surface area contributed by atoms with E-state index >= 15 is 0 Å². The lowest BCUT2D eigenvalue weighted by atomic mass is 9.97. The predicted molar refractivity (Wildman–Crippen MR) is 109 cm³/mol. The first-order chi connectivity index (χ1) is 14.1. The van der Waals surface area contributed by atoms with E-state index in [1.807, 2.05) is 13.1 Å². The summed E-state index contributed by atoms with van der Waals surface area (Å²) < 4.78 is 6.48. The van der Waals surface area contributed by atoms with Gasteiger partial charge in [-0.1, -0.05) is 11.3 Å². The molecule has 0 atom stereocenters. The van der Waals surface area contributed by atoms with Gasteiger partial charge in [-0.3, -0.25) is 0 Å². The molecule has 1 aliphatic rings. The Balaban J connectivity index is 1.24. The van der Waals surface area contributed by atoms with Crippen molar-refractivity contribution in [1.29, 1.82) is 0 Å². The quantitative estimate of drug-likeness (QED) is 0.628. The molecule has 9 nitrogen and oxygen atoms in total. The van der Waals surface area contributed by atoms with Crippen LogP contribution in [0.5, 0.6) is 0 Å². The van der Waals surface area contributed by atoms with E-state index in [1.165, 1.54) is 25.1 Å². The number of nitrogens with zero attached hydrogens (tertiary/aromatic N) is 6. The number of nitrogens with one attached hydrogen (secondary N) is 1. The maximum Gasteiger partial charge on any atom is 0.341 e. The van der Waals surface area contributed by atoms with E-state index in [1.54, 1.807) is 4.68 Å². The van der Waals surface area contributed by atoms with Gasteiger partial charge in [0.25, 0.3) is 0 Å². The van der Waals surface area contributed by atoms with Crippen molar-refractivity contribution < 1.29 is 9.53 Å². The van der Waals surface area contributed by atoms with Gasteiger partial charge in [0.2, 0.25) is 5.95 Å². The summed E-state index contributed by atoms with van der Waals surface area (Å²) in [6.45, 7) is 3.64. The lowest BCUT2D eigenvalue weighted by Crippen LogP contribution is -2.38. The van der Waals surface area contributed by atoms with Crippen LogP contribution in [-0.4, -0.2) is 57.7 Å². The van der Waals surface area contributed by atoms with Crippen LogP contribution in [0.3, 0.4) is 0 Å². The van der Waals surface area contributed by atoms with Crippen LogP contribution in [0.1, 0.15) is 28.8 Å². The van der Waals surface area contributed by atoms with Gasteiger partial charge in [-0.15, -0.1) is 5.10 Å². The maximum atomic E-state index is 11.5. The molecule has 0 spiro atoms. The molecule has 0 unspecified atom stereocenters. The number of carbonyl (C=O) groups excluding carboxylic acids is 1. The molecule has 1 saturated heterocycles. The van der Waals surface area contributed by atoms with Crippen LogP contribution in [0.4, 0.5) is 5.95 Å². The Morgan fingerprint density at radius 3 is 2.72 bits per heavy atom. The summed E-state index contributed by atoms with van der Waals surface area (Å²) >= 11 is 0. The molecule has 29 heavy (non-hydrogen) atoms. The van der Waals surface area contributed by atoms with Gasteiger partial charge in [0.05, 0.1) is 18.2 Å². The third-order valence-electron chi connectivity index (χ3n) is 5.39. The second-order valence-electron chi connectivity index (χ2n) is 7.36. The first-order valence-corrected chi connectivity index (χ1v) is 9.78. The number of aromatic nitrogens is 5. The first kappa shape index (κ1) is 19.3. The standard InChI is InChI=1S/C20H25N7O2/c1-26-18-9-15(3-4-17(18)24-25-26)11-21-10-14-5-7-27(8-6-14)20-22-12-16(13-23-20)19(28)29-2/h3-4,9,12-14,21H,5-8,10-11H2,1-2H3. The molecule has 2 aromatic heterocycles. The molecule has 0 radical (unpaired) electrons. The molecule has 3 heterocycles. The van der Waals surface area contributed by atoms with Crippen molar-refractivity contribution in [2.24, 2.45) is 13.0 Å². The summed E-state index contributed by atoms with van der Waals surface area (Å²) in [5.41, 5.74) is 3.58. The molecule has 4 rings (SSSR count). The number of piperidine rings is 1. The van der Waals surface area contributed by atoms with E-state index in [0.717, 1.165) is 50.1 Å². The number of rotatable bonds is 6. The first-order valence-electron chi connectivity index (χ1n) is 9.78. The fraction of sp³-hybridized carbons (Fsp3) is 0.450. The number of methoxy groups -OCH3 is 1. The molecular weight excluding hydrogens is 370 g/mol. The normalized spacial score (nSPS) is 15.0. The van der Waals surface area contributed by atoms with Crippen molar-refractivity contribution >= 4 is 23.0 Å². The molecule has 1 fully saturated rings. The minimum atomic E-state index is -0.417. The topological polar surface area (TPSA) is 98.1 Å². The van der Waals surface area contributed by atoms with Crippen LogP contribution in [0.15, 0.2) is 30.6 Å². The summed E-state index contributed by atoms with van der Waals surface area (Å²) in [5, 5.41) is 11.7. The molecular formula is C20H25N7O2. The molecule has 9 heteroatoms. The molecule has 0 aliphatic carbocycles. The number of benzene rings is 1. The lowest BCUT2D eigenvalue weighted by molar-refractivity contribution is 0.0600. The van der Waals surface area contributed by atoms with Crippen molar-refractivity contribution in [1.82, 2.24) is 30.3 Å². The summed E-state index contributed by atoms with van der Waals surface area (Å²) in [6.07, 6.45) is 5.21. The SMILES string of the molecule is COC(=O)c1cnc(N2CCC(CNCc3ccc4nnn(C)c4c3)CC2)nc1. The van der Waals surface area contributed by atoms with Crippen LogP contribution in [0.2, 0.25) is 0 Å². The highest BCUT2D eigenvalue weighted by atomic mass is 16.5. The van der Waals surface area contributed by atoms with E-state index in [-0.39, 0.29) is 0 Å². The Morgan fingerprint density at radius 2 is 2.00 bits per heavy atom. The number of hydrogen-bond donors (Lipinski definition) is 1. The van der Waals surface area contributed by atoms with Gasteiger partial charge in [0.15, 0.2) is 0 Å². The molecule has 0 bridgehead atoms. The number of hydrogen-bond acceptors (Lipinski definition) is 8. The largest absolute Gasteiger partial charge is 0.465 e. The fourth-order valence-electron chi connectivity index (χ4n) is 3.65. The van der Waals surface area contributed by atoms with Crippen LogP contribution < -0.4 is 10.2 Å². The molecule has 0 saturated carbocycles. The van der Waals surface area contributed by atoms with E-state index in [4.69, 9.17) is 0 Å². The van der Waals surface area contributed by atoms with Crippen LogP contribution in [0, 0.1) is 5.92 Å². The number of fused-ring (bicyclic) bond motifs is 1.